The molecule has 1 saturated carbocycles. The maximum Gasteiger partial charge on any atom is 0.328 e. The van der Waals surface area contributed by atoms with Gasteiger partial charge in [0.05, 0.1) is 0 Å². The lowest BCUT2D eigenvalue weighted by atomic mass is 10.1. The van der Waals surface area contributed by atoms with Crippen LogP contribution in [0.1, 0.15) is 24.0 Å². The van der Waals surface area contributed by atoms with Gasteiger partial charge >= 0.3 is 5.97 Å². The average Bonchev–Trinajstić information content (AvgIpc) is 3.13. The summed E-state index contributed by atoms with van der Waals surface area (Å²) in [5.74, 6) is -1.38. The van der Waals surface area contributed by atoms with Crippen molar-refractivity contribution >= 4 is 12.0 Å². The minimum absolute atomic E-state index is 0.349. The largest absolute Gasteiger partial charge is 0.478 e. The summed E-state index contributed by atoms with van der Waals surface area (Å²) < 4.78 is 13.2. The highest BCUT2D eigenvalue weighted by Crippen LogP contribution is 2.27. The van der Waals surface area contributed by atoms with Gasteiger partial charge in [0.2, 0.25) is 0 Å². The number of halogens is 1. The molecule has 4 heteroatoms. The van der Waals surface area contributed by atoms with Crippen LogP contribution in [-0.4, -0.2) is 29.1 Å². The van der Waals surface area contributed by atoms with Gasteiger partial charge in [-0.25, -0.2) is 9.18 Å². The molecular weight excluding hydrogens is 233 g/mol. The number of carboxylic acids is 1. The molecule has 0 saturated heterocycles. The molecule has 0 radical (unpaired) electrons. The first-order chi connectivity index (χ1) is 8.56. The van der Waals surface area contributed by atoms with E-state index in [0.717, 1.165) is 11.6 Å². The van der Waals surface area contributed by atoms with Crippen LogP contribution in [0.25, 0.3) is 6.08 Å². The van der Waals surface area contributed by atoms with Gasteiger partial charge in [0.1, 0.15) is 5.82 Å². The summed E-state index contributed by atoms with van der Waals surface area (Å²) in [6, 6.07) is 5.12. The quantitative estimate of drug-likeness (QED) is 0.815. The second kappa shape index (κ2) is 5.31. The van der Waals surface area contributed by atoms with Gasteiger partial charge in [-0.1, -0.05) is 6.07 Å². The molecule has 1 aromatic rings. The Morgan fingerprint density at radius 3 is 2.89 bits per heavy atom. The minimum atomic E-state index is -1.03. The Balaban J connectivity index is 2.19. The number of rotatable bonds is 5. The standard InChI is InChI=1S/C14H16FNO2/c1-16(13-5-6-13)9-11-2-4-12(15)8-10(11)3-7-14(17)18/h2-4,7-8,13H,5-6,9H2,1H3,(H,17,18). The molecule has 18 heavy (non-hydrogen) atoms. The van der Waals surface area contributed by atoms with Gasteiger partial charge < -0.3 is 5.11 Å². The lowest BCUT2D eigenvalue weighted by Crippen LogP contribution is -2.20. The first kappa shape index (κ1) is 12.8. The van der Waals surface area contributed by atoms with Crippen LogP contribution in [-0.2, 0) is 11.3 Å². The fraction of sp³-hybridized carbons (Fsp3) is 0.357. The maximum atomic E-state index is 13.2. The molecule has 0 unspecified atom stereocenters. The summed E-state index contributed by atoms with van der Waals surface area (Å²) in [7, 11) is 2.03. The fourth-order valence-corrected chi connectivity index (χ4v) is 1.94. The van der Waals surface area contributed by atoms with Gasteiger partial charge in [-0.05, 0) is 49.2 Å². The smallest absolute Gasteiger partial charge is 0.328 e. The molecular formula is C14H16FNO2. The zero-order valence-corrected chi connectivity index (χ0v) is 10.3. The molecule has 1 fully saturated rings. The molecule has 0 heterocycles. The number of aliphatic carboxylic acids is 1. The van der Waals surface area contributed by atoms with E-state index in [-0.39, 0.29) is 5.82 Å². The number of benzene rings is 1. The lowest BCUT2D eigenvalue weighted by molar-refractivity contribution is -0.131. The van der Waals surface area contributed by atoms with Crippen molar-refractivity contribution in [2.75, 3.05) is 7.05 Å². The summed E-state index contributed by atoms with van der Waals surface area (Å²) in [5.41, 5.74) is 1.58. The van der Waals surface area contributed by atoms with Crippen LogP contribution < -0.4 is 0 Å². The van der Waals surface area contributed by atoms with Crippen molar-refractivity contribution < 1.29 is 14.3 Å². The number of carboxylic acid groups (broad SMARTS) is 1. The Labute approximate surface area is 106 Å². The molecule has 1 aromatic carbocycles. The third-order valence-electron chi connectivity index (χ3n) is 3.10. The fourth-order valence-electron chi connectivity index (χ4n) is 1.94. The van der Waals surface area contributed by atoms with Crippen LogP contribution >= 0.6 is 0 Å². The van der Waals surface area contributed by atoms with Gasteiger partial charge in [-0.2, -0.15) is 0 Å². The molecule has 0 aliphatic heterocycles. The van der Waals surface area contributed by atoms with E-state index in [9.17, 15) is 9.18 Å². The molecule has 1 N–H and O–H groups in total. The topological polar surface area (TPSA) is 40.5 Å². The average molecular weight is 249 g/mol. The van der Waals surface area contributed by atoms with Crippen molar-refractivity contribution in [2.45, 2.75) is 25.4 Å². The Morgan fingerprint density at radius 2 is 2.28 bits per heavy atom. The van der Waals surface area contributed by atoms with E-state index in [1.807, 2.05) is 7.05 Å². The van der Waals surface area contributed by atoms with Crippen molar-refractivity contribution in [3.05, 3.63) is 41.2 Å². The highest BCUT2D eigenvalue weighted by molar-refractivity contribution is 5.85. The molecule has 0 bridgehead atoms. The summed E-state index contributed by atoms with van der Waals surface area (Å²) in [5, 5.41) is 8.62. The molecule has 0 aromatic heterocycles. The predicted octanol–water partition coefficient (Wildman–Crippen LogP) is 2.52. The van der Waals surface area contributed by atoms with Crippen LogP contribution in [0, 0.1) is 5.82 Å². The van der Waals surface area contributed by atoms with Gasteiger partial charge in [-0.3, -0.25) is 4.90 Å². The molecule has 3 nitrogen and oxygen atoms in total. The van der Waals surface area contributed by atoms with Crippen LogP contribution in [0.4, 0.5) is 4.39 Å². The van der Waals surface area contributed by atoms with E-state index in [2.05, 4.69) is 4.90 Å². The van der Waals surface area contributed by atoms with Gasteiger partial charge in [0, 0.05) is 18.7 Å². The zero-order valence-electron chi connectivity index (χ0n) is 10.3. The molecule has 2 rings (SSSR count). The summed E-state index contributed by atoms with van der Waals surface area (Å²) in [4.78, 5) is 12.7. The first-order valence-corrected chi connectivity index (χ1v) is 5.96. The van der Waals surface area contributed by atoms with Gasteiger partial charge in [-0.15, -0.1) is 0 Å². The SMILES string of the molecule is CN(Cc1ccc(F)cc1C=CC(=O)O)C1CC1. The van der Waals surface area contributed by atoms with Crippen molar-refractivity contribution in [3.63, 3.8) is 0 Å². The summed E-state index contributed by atoms with van der Waals surface area (Å²) in [6.45, 7) is 0.713. The summed E-state index contributed by atoms with van der Waals surface area (Å²) in [6.07, 6.45) is 4.90. The molecule has 0 spiro atoms. The Hall–Kier alpha value is -1.68. The number of hydrogen-bond acceptors (Lipinski definition) is 2. The number of hydrogen-bond donors (Lipinski definition) is 1. The Kier molecular flexibility index (Phi) is 3.77. The van der Waals surface area contributed by atoms with E-state index < -0.39 is 5.97 Å². The van der Waals surface area contributed by atoms with Gasteiger partial charge in [0.15, 0.2) is 0 Å². The lowest BCUT2D eigenvalue weighted by Gasteiger charge is -2.17. The zero-order chi connectivity index (χ0) is 13.1. The van der Waals surface area contributed by atoms with Crippen LogP contribution in [0.3, 0.4) is 0 Å². The summed E-state index contributed by atoms with van der Waals surface area (Å²) >= 11 is 0. The van der Waals surface area contributed by atoms with Crippen molar-refractivity contribution in [1.29, 1.82) is 0 Å². The molecule has 0 atom stereocenters. The highest BCUT2D eigenvalue weighted by atomic mass is 19.1. The molecule has 1 aliphatic carbocycles. The van der Waals surface area contributed by atoms with Crippen molar-refractivity contribution in [3.8, 4) is 0 Å². The highest BCUT2D eigenvalue weighted by Gasteiger charge is 2.26. The van der Waals surface area contributed by atoms with E-state index in [4.69, 9.17) is 5.11 Å². The van der Waals surface area contributed by atoms with E-state index in [1.54, 1.807) is 6.07 Å². The number of carbonyl (C=O) groups is 1. The van der Waals surface area contributed by atoms with Crippen molar-refractivity contribution in [2.24, 2.45) is 0 Å². The van der Waals surface area contributed by atoms with Crippen molar-refractivity contribution in [1.82, 2.24) is 4.90 Å². The Morgan fingerprint density at radius 1 is 1.56 bits per heavy atom. The maximum absolute atomic E-state index is 13.2. The normalized spacial score (nSPS) is 15.5. The van der Waals surface area contributed by atoms with E-state index in [1.165, 1.54) is 31.1 Å². The molecule has 0 amide bonds. The van der Waals surface area contributed by atoms with Gasteiger partial charge in [0.25, 0.3) is 0 Å². The second-order valence-corrected chi connectivity index (χ2v) is 4.66. The van der Waals surface area contributed by atoms with E-state index in [0.29, 0.717) is 18.2 Å². The predicted molar refractivity (Wildman–Crippen MR) is 67.6 cm³/mol. The van der Waals surface area contributed by atoms with Crippen LogP contribution in [0.5, 0.6) is 0 Å². The third-order valence-corrected chi connectivity index (χ3v) is 3.10. The third kappa shape index (κ3) is 3.40. The monoisotopic (exact) mass is 249 g/mol. The Bertz CT molecular complexity index is 481. The molecule has 1 aliphatic rings. The minimum Gasteiger partial charge on any atom is -0.478 e. The van der Waals surface area contributed by atoms with Crippen LogP contribution in [0.15, 0.2) is 24.3 Å². The molecule has 96 valence electrons. The van der Waals surface area contributed by atoms with Crippen LogP contribution in [0.2, 0.25) is 0 Å². The number of nitrogens with zero attached hydrogens (tertiary/aromatic N) is 1. The first-order valence-electron chi connectivity index (χ1n) is 5.96. The van der Waals surface area contributed by atoms with E-state index >= 15 is 0 Å². The second-order valence-electron chi connectivity index (χ2n) is 4.66.